The van der Waals surface area contributed by atoms with Crippen molar-refractivity contribution in [2.24, 2.45) is 0 Å². The van der Waals surface area contributed by atoms with Crippen LogP contribution < -0.4 is 4.90 Å². The summed E-state index contributed by atoms with van der Waals surface area (Å²) in [4.78, 5) is 4.87. The van der Waals surface area contributed by atoms with E-state index in [4.69, 9.17) is 0 Å². The first-order valence-corrected chi connectivity index (χ1v) is 7.57. The average Bonchev–Trinajstić information content (AvgIpc) is 2.62. The zero-order valence-electron chi connectivity index (χ0n) is 12.3. The summed E-state index contributed by atoms with van der Waals surface area (Å²) in [5.41, 5.74) is 5.35. The molecule has 1 atom stereocenters. The molecule has 1 saturated heterocycles. The molecular formula is C18H20N2O. The van der Waals surface area contributed by atoms with Crippen LogP contribution in [0.25, 0.3) is 0 Å². The van der Waals surface area contributed by atoms with Crippen molar-refractivity contribution in [3.05, 3.63) is 59.2 Å². The lowest BCUT2D eigenvalue weighted by Gasteiger charge is -2.41. The van der Waals surface area contributed by atoms with Gasteiger partial charge in [-0.1, -0.05) is 30.3 Å². The second-order valence-corrected chi connectivity index (χ2v) is 6.16. The van der Waals surface area contributed by atoms with Crippen molar-refractivity contribution < 1.29 is 5.11 Å². The Labute approximate surface area is 125 Å². The number of likely N-dealkylation sites (N-methyl/N-ethyl adjacent to an activating group) is 1. The van der Waals surface area contributed by atoms with Crippen LogP contribution in [0, 0.1) is 0 Å². The maximum Gasteiger partial charge on any atom is 0.117 e. The van der Waals surface area contributed by atoms with E-state index in [9.17, 15) is 5.11 Å². The number of nitrogens with zero attached hydrogens (tertiary/aromatic N) is 2. The Hall–Kier alpha value is -2.00. The van der Waals surface area contributed by atoms with Crippen LogP contribution in [0.5, 0.6) is 5.75 Å². The molecule has 0 bridgehead atoms. The first-order chi connectivity index (χ1) is 10.2. The molecule has 0 amide bonds. The van der Waals surface area contributed by atoms with Crippen LogP contribution in [0.1, 0.15) is 22.7 Å². The van der Waals surface area contributed by atoms with Gasteiger partial charge in [0.05, 0.1) is 6.04 Å². The van der Waals surface area contributed by atoms with Crippen LogP contribution in [0.2, 0.25) is 0 Å². The second-order valence-electron chi connectivity index (χ2n) is 6.16. The molecule has 4 rings (SSSR count). The molecule has 2 aliphatic heterocycles. The van der Waals surface area contributed by atoms with E-state index < -0.39 is 0 Å². The van der Waals surface area contributed by atoms with E-state index in [0.717, 1.165) is 26.1 Å². The van der Waals surface area contributed by atoms with Gasteiger partial charge >= 0.3 is 0 Å². The monoisotopic (exact) mass is 280 g/mol. The number of hydrogen-bond donors (Lipinski definition) is 1. The fraction of sp³-hybridized carbons (Fsp3) is 0.333. The Morgan fingerprint density at radius 3 is 2.81 bits per heavy atom. The highest BCUT2D eigenvalue weighted by atomic mass is 16.3. The number of hydrogen-bond acceptors (Lipinski definition) is 3. The summed E-state index contributed by atoms with van der Waals surface area (Å²) in [5, 5.41) is 9.90. The van der Waals surface area contributed by atoms with Crippen molar-refractivity contribution >= 4 is 5.69 Å². The van der Waals surface area contributed by atoms with E-state index in [2.05, 4.69) is 47.2 Å². The van der Waals surface area contributed by atoms with Crippen molar-refractivity contribution in [2.45, 2.75) is 12.5 Å². The zero-order valence-corrected chi connectivity index (χ0v) is 12.3. The topological polar surface area (TPSA) is 26.7 Å². The van der Waals surface area contributed by atoms with Gasteiger partial charge < -0.3 is 14.9 Å². The normalized spacial score (nSPS) is 21.2. The molecule has 2 heterocycles. The zero-order chi connectivity index (χ0) is 14.4. The summed E-state index contributed by atoms with van der Waals surface area (Å²) in [5.74, 6) is 0.359. The number of phenols is 1. The third-order valence-corrected chi connectivity index (χ3v) is 4.76. The summed E-state index contributed by atoms with van der Waals surface area (Å²) in [7, 11) is 2.19. The highest BCUT2D eigenvalue weighted by Gasteiger charge is 2.32. The molecule has 0 aliphatic carbocycles. The molecule has 1 fully saturated rings. The highest BCUT2D eigenvalue weighted by Crippen LogP contribution is 2.40. The van der Waals surface area contributed by atoms with Gasteiger partial charge in [0.1, 0.15) is 5.75 Å². The predicted octanol–water partition coefficient (Wildman–Crippen LogP) is 2.79. The Bertz CT molecular complexity index is 683. The number of fused-ring (bicyclic) bond motifs is 5. The summed E-state index contributed by atoms with van der Waals surface area (Å²) in [6.07, 6.45) is 0.947. The lowest BCUT2D eigenvalue weighted by atomic mass is 9.96. The summed E-state index contributed by atoms with van der Waals surface area (Å²) in [6.45, 7) is 3.10. The van der Waals surface area contributed by atoms with Gasteiger partial charge in [-0.15, -0.1) is 0 Å². The van der Waals surface area contributed by atoms with Gasteiger partial charge in [0, 0.05) is 31.4 Å². The number of phenolic OH excluding ortho intramolecular Hbond substituents is 1. The number of piperazine rings is 1. The molecule has 0 saturated carbocycles. The molecule has 0 spiro atoms. The Kier molecular flexibility index (Phi) is 2.89. The van der Waals surface area contributed by atoms with E-state index in [-0.39, 0.29) is 0 Å². The van der Waals surface area contributed by atoms with Crippen molar-refractivity contribution in [3.8, 4) is 5.75 Å². The summed E-state index contributed by atoms with van der Waals surface area (Å²) >= 11 is 0. The van der Waals surface area contributed by atoms with Crippen LogP contribution in [0.4, 0.5) is 5.69 Å². The van der Waals surface area contributed by atoms with Crippen LogP contribution in [-0.2, 0) is 6.42 Å². The lowest BCUT2D eigenvalue weighted by Crippen LogP contribution is -2.46. The largest absolute Gasteiger partial charge is 0.508 e. The third kappa shape index (κ3) is 2.09. The van der Waals surface area contributed by atoms with E-state index in [1.54, 1.807) is 6.07 Å². The maximum absolute atomic E-state index is 9.90. The first kappa shape index (κ1) is 12.7. The molecular weight excluding hydrogens is 260 g/mol. The van der Waals surface area contributed by atoms with Crippen molar-refractivity contribution in [3.63, 3.8) is 0 Å². The van der Waals surface area contributed by atoms with Crippen molar-refractivity contribution in [2.75, 3.05) is 31.6 Å². The van der Waals surface area contributed by atoms with Gasteiger partial charge in [-0.05, 0) is 36.2 Å². The van der Waals surface area contributed by atoms with Gasteiger partial charge in [0.2, 0.25) is 0 Å². The number of anilines is 1. The van der Waals surface area contributed by atoms with E-state index in [1.807, 2.05) is 6.07 Å². The number of benzene rings is 2. The summed E-state index contributed by atoms with van der Waals surface area (Å²) < 4.78 is 0. The lowest BCUT2D eigenvalue weighted by molar-refractivity contribution is 0.269. The predicted molar refractivity (Wildman–Crippen MR) is 84.9 cm³/mol. The molecule has 0 radical (unpaired) electrons. The molecule has 0 aromatic heterocycles. The molecule has 2 aliphatic rings. The minimum Gasteiger partial charge on any atom is -0.508 e. The first-order valence-electron chi connectivity index (χ1n) is 7.57. The Balaban J connectivity index is 1.91. The van der Waals surface area contributed by atoms with E-state index in [0.29, 0.717) is 11.8 Å². The van der Waals surface area contributed by atoms with Gasteiger partial charge in [-0.3, -0.25) is 0 Å². The number of rotatable bonds is 0. The van der Waals surface area contributed by atoms with Crippen LogP contribution >= 0.6 is 0 Å². The summed E-state index contributed by atoms with van der Waals surface area (Å²) in [6, 6.07) is 14.9. The van der Waals surface area contributed by atoms with Crippen LogP contribution in [-0.4, -0.2) is 36.7 Å². The van der Waals surface area contributed by atoms with E-state index in [1.165, 1.54) is 22.4 Å². The van der Waals surface area contributed by atoms with E-state index >= 15 is 0 Å². The highest BCUT2D eigenvalue weighted by molar-refractivity contribution is 5.63. The maximum atomic E-state index is 9.90. The van der Waals surface area contributed by atoms with Crippen molar-refractivity contribution in [1.82, 2.24) is 4.90 Å². The van der Waals surface area contributed by atoms with Gasteiger partial charge in [-0.2, -0.15) is 0 Å². The quantitative estimate of drug-likeness (QED) is 0.804. The molecule has 3 nitrogen and oxygen atoms in total. The van der Waals surface area contributed by atoms with Gasteiger partial charge in [0.25, 0.3) is 0 Å². The second kappa shape index (κ2) is 4.78. The molecule has 21 heavy (non-hydrogen) atoms. The molecule has 1 N–H and O–H groups in total. The van der Waals surface area contributed by atoms with Crippen molar-refractivity contribution in [1.29, 1.82) is 0 Å². The minimum atomic E-state index is 0.359. The fourth-order valence-corrected chi connectivity index (χ4v) is 3.67. The average molecular weight is 280 g/mol. The minimum absolute atomic E-state index is 0.359. The SMILES string of the molecule is CN1CCN2c3cc(O)ccc3Cc3ccccc3[C@H]2C1. The molecule has 0 unspecified atom stereocenters. The standard InChI is InChI=1S/C18H20N2O/c1-19-8-9-20-17-11-15(21)7-6-14(17)10-13-4-2-3-5-16(13)18(20)12-19/h2-7,11,18,21H,8-10,12H2,1H3/t18-/m1/s1. The number of aromatic hydroxyl groups is 1. The smallest absolute Gasteiger partial charge is 0.117 e. The van der Waals surface area contributed by atoms with Crippen LogP contribution in [0.3, 0.4) is 0 Å². The molecule has 2 aromatic carbocycles. The molecule has 108 valence electrons. The molecule has 3 heteroatoms. The third-order valence-electron chi connectivity index (χ3n) is 4.76. The Morgan fingerprint density at radius 1 is 1.05 bits per heavy atom. The fourth-order valence-electron chi connectivity index (χ4n) is 3.67. The van der Waals surface area contributed by atoms with Gasteiger partial charge in [-0.25, -0.2) is 0 Å². The Morgan fingerprint density at radius 2 is 1.90 bits per heavy atom. The molecule has 2 aromatic rings. The van der Waals surface area contributed by atoms with Crippen LogP contribution in [0.15, 0.2) is 42.5 Å². The van der Waals surface area contributed by atoms with Gasteiger partial charge in [0.15, 0.2) is 0 Å².